The molecule has 0 heterocycles. The van der Waals surface area contributed by atoms with Crippen LogP contribution in [-0.4, -0.2) is 77.2 Å². The maximum Gasteiger partial charge on any atom is 0.222 e. The van der Waals surface area contributed by atoms with E-state index in [1.807, 2.05) is 13.8 Å². The summed E-state index contributed by atoms with van der Waals surface area (Å²) in [6, 6.07) is -1.50. The third-order valence-corrected chi connectivity index (χ3v) is 8.53. The molecule has 0 rings (SSSR count). The summed E-state index contributed by atoms with van der Waals surface area (Å²) in [6.45, 7) is 11.5. The Balaban J connectivity index is 4.99. The van der Waals surface area contributed by atoms with Crippen LogP contribution in [0.3, 0.4) is 0 Å². The number of Topliss-reactive ketones (excluding diaryl/α,β-unsaturated/α-hetero) is 5. The van der Waals surface area contributed by atoms with Gasteiger partial charge in [0, 0.05) is 82.5 Å². The Hall–Kier alpha value is -3.77. The first-order valence-corrected chi connectivity index (χ1v) is 18.5. The Bertz CT molecular complexity index is 1190. The minimum absolute atomic E-state index is 0.00532. The average molecular weight is 721 g/mol. The first-order chi connectivity index (χ1) is 23.9. The Morgan fingerprint density at radius 1 is 0.392 bits per heavy atom. The Morgan fingerprint density at radius 3 is 1.14 bits per heavy atom. The fourth-order valence-corrected chi connectivity index (χ4v) is 5.64. The molecule has 0 saturated carbocycles. The predicted octanol–water partition coefficient (Wildman–Crippen LogP) is 4.02. The molecule has 0 aromatic heterocycles. The van der Waals surface area contributed by atoms with Crippen molar-refractivity contribution in [2.75, 3.05) is 6.54 Å². The smallest absolute Gasteiger partial charge is 0.222 e. The number of hydrogen-bond acceptors (Lipinski definition) is 9. The van der Waals surface area contributed by atoms with E-state index in [0.29, 0.717) is 64.3 Å². The van der Waals surface area contributed by atoms with Gasteiger partial charge in [-0.05, 0) is 91.4 Å². The molecule has 13 heteroatoms. The number of carbonyl (C=O) groups is 9. The topological polar surface area (TPSA) is 202 Å². The summed E-state index contributed by atoms with van der Waals surface area (Å²) in [6.07, 6.45) is 5.22. The summed E-state index contributed by atoms with van der Waals surface area (Å²) in [4.78, 5) is 109. The van der Waals surface area contributed by atoms with E-state index in [2.05, 4.69) is 21.3 Å². The molecule has 0 aliphatic carbocycles. The number of hydrogen-bond donors (Lipinski definition) is 4. The van der Waals surface area contributed by atoms with E-state index >= 15 is 0 Å². The highest BCUT2D eigenvalue weighted by molar-refractivity contribution is 5.83. The van der Waals surface area contributed by atoms with E-state index in [4.69, 9.17) is 0 Å². The lowest BCUT2D eigenvalue weighted by Crippen LogP contribution is -2.43. The van der Waals surface area contributed by atoms with Crippen LogP contribution < -0.4 is 21.3 Å². The number of unbranched alkanes of at least 4 members (excludes halogenated alkanes) is 1. The molecule has 5 atom stereocenters. The molecule has 4 N–H and O–H groups in total. The van der Waals surface area contributed by atoms with Crippen molar-refractivity contribution in [3.8, 4) is 0 Å². The predicted molar refractivity (Wildman–Crippen MR) is 194 cm³/mol. The molecule has 4 amide bonds. The standard InChI is InChI=1S/C38H64N4O9/c1-25(11-13-27(3)43)20-36(49)41-33(17-15-29(5)45)23-35(48)39-19-9-8-10-32(22-31(7)47)40-38(51)24-34(18-16-30(6)46)42-37(50)21-26(2)12-14-28(4)44/h25-26,32-34H,8-24H2,1-7H3,(H,39,48)(H,40,51)(H,41,49)(H,42,50). The van der Waals surface area contributed by atoms with Gasteiger partial charge >= 0.3 is 0 Å². The van der Waals surface area contributed by atoms with Crippen LogP contribution in [0.5, 0.6) is 0 Å². The van der Waals surface area contributed by atoms with E-state index < -0.39 is 18.1 Å². The lowest BCUT2D eigenvalue weighted by molar-refractivity contribution is -0.126. The first-order valence-electron chi connectivity index (χ1n) is 18.5. The van der Waals surface area contributed by atoms with Crippen molar-refractivity contribution in [3.05, 3.63) is 0 Å². The van der Waals surface area contributed by atoms with Gasteiger partial charge in [-0.3, -0.25) is 24.0 Å². The zero-order chi connectivity index (χ0) is 38.9. The molecule has 0 aliphatic rings. The number of amides is 4. The molecule has 290 valence electrons. The second-order valence-corrected chi connectivity index (χ2v) is 14.5. The quantitative estimate of drug-likeness (QED) is 0.0791. The van der Waals surface area contributed by atoms with Gasteiger partial charge in [-0.25, -0.2) is 0 Å². The lowest BCUT2D eigenvalue weighted by Gasteiger charge is -2.22. The number of ketones is 5. The van der Waals surface area contributed by atoms with Gasteiger partial charge in [0.05, 0.1) is 0 Å². The molecule has 0 aliphatic heterocycles. The van der Waals surface area contributed by atoms with Gasteiger partial charge in [0.25, 0.3) is 0 Å². The third kappa shape index (κ3) is 28.6. The maximum atomic E-state index is 13.0. The normalized spacial score (nSPS) is 13.9. The van der Waals surface area contributed by atoms with Crippen LogP contribution >= 0.6 is 0 Å². The van der Waals surface area contributed by atoms with E-state index in [1.54, 1.807) is 0 Å². The Labute approximate surface area is 304 Å². The summed E-state index contributed by atoms with van der Waals surface area (Å²) < 4.78 is 0. The fraction of sp³-hybridized carbons (Fsp3) is 0.763. The lowest BCUT2D eigenvalue weighted by atomic mass is 9.99. The molecule has 0 spiro atoms. The number of rotatable bonds is 30. The fourth-order valence-electron chi connectivity index (χ4n) is 5.64. The molecular weight excluding hydrogens is 656 g/mol. The second-order valence-electron chi connectivity index (χ2n) is 14.5. The maximum absolute atomic E-state index is 13.0. The van der Waals surface area contributed by atoms with Crippen molar-refractivity contribution in [2.24, 2.45) is 11.8 Å². The van der Waals surface area contributed by atoms with Crippen LogP contribution in [0.1, 0.15) is 151 Å². The van der Waals surface area contributed by atoms with Crippen molar-refractivity contribution < 1.29 is 43.2 Å². The average Bonchev–Trinajstić information content (AvgIpc) is 2.99. The monoisotopic (exact) mass is 720 g/mol. The van der Waals surface area contributed by atoms with Crippen LogP contribution in [-0.2, 0) is 43.2 Å². The first kappa shape index (κ1) is 47.2. The van der Waals surface area contributed by atoms with Crippen LogP contribution in [0.25, 0.3) is 0 Å². The van der Waals surface area contributed by atoms with Gasteiger partial charge < -0.3 is 40.4 Å². The van der Waals surface area contributed by atoms with Crippen molar-refractivity contribution in [2.45, 2.75) is 169 Å². The largest absolute Gasteiger partial charge is 0.356 e. The molecule has 0 aromatic carbocycles. The summed E-state index contributed by atoms with van der Waals surface area (Å²) in [5.41, 5.74) is 0. The molecule has 13 nitrogen and oxygen atoms in total. The van der Waals surface area contributed by atoms with Gasteiger partial charge in [0.1, 0.15) is 28.9 Å². The van der Waals surface area contributed by atoms with Crippen molar-refractivity contribution >= 4 is 52.5 Å². The van der Waals surface area contributed by atoms with E-state index in [1.165, 1.54) is 34.6 Å². The Kier molecular flexibility index (Phi) is 25.0. The van der Waals surface area contributed by atoms with Gasteiger partial charge in [-0.1, -0.05) is 13.8 Å². The highest BCUT2D eigenvalue weighted by Crippen LogP contribution is 2.14. The van der Waals surface area contributed by atoms with Crippen LogP contribution in [0.4, 0.5) is 0 Å². The van der Waals surface area contributed by atoms with Crippen molar-refractivity contribution in [3.63, 3.8) is 0 Å². The zero-order valence-corrected chi connectivity index (χ0v) is 32.1. The number of nitrogens with one attached hydrogen (secondary N) is 4. The molecule has 0 bridgehead atoms. The number of carbonyl (C=O) groups excluding carboxylic acids is 9. The highest BCUT2D eigenvalue weighted by Gasteiger charge is 2.22. The molecule has 0 saturated heterocycles. The van der Waals surface area contributed by atoms with Crippen LogP contribution in [0.15, 0.2) is 0 Å². The molecule has 0 aromatic rings. The van der Waals surface area contributed by atoms with E-state index in [9.17, 15) is 43.2 Å². The summed E-state index contributed by atoms with van der Waals surface area (Å²) in [5.74, 6) is -1.18. The Morgan fingerprint density at radius 2 is 0.745 bits per heavy atom. The van der Waals surface area contributed by atoms with E-state index in [0.717, 1.165) is 0 Å². The van der Waals surface area contributed by atoms with Crippen LogP contribution in [0, 0.1) is 11.8 Å². The molecule has 5 unspecified atom stereocenters. The van der Waals surface area contributed by atoms with Crippen molar-refractivity contribution in [1.82, 2.24) is 21.3 Å². The molecule has 0 radical (unpaired) electrons. The second kappa shape index (κ2) is 27.0. The highest BCUT2D eigenvalue weighted by atomic mass is 16.2. The van der Waals surface area contributed by atoms with Gasteiger partial charge in [0.2, 0.25) is 23.6 Å². The molecule has 51 heavy (non-hydrogen) atoms. The SMILES string of the molecule is CC(=O)CCC(C)CC(=O)NC(CCC(C)=O)CC(=O)NCCCCC(CC(C)=O)NC(=O)CC(CCC(C)=O)NC(=O)CC(C)CCC(C)=O. The van der Waals surface area contributed by atoms with Crippen LogP contribution in [0.2, 0.25) is 0 Å². The third-order valence-electron chi connectivity index (χ3n) is 8.53. The minimum Gasteiger partial charge on any atom is -0.356 e. The molecular formula is C38H64N4O9. The zero-order valence-electron chi connectivity index (χ0n) is 32.1. The van der Waals surface area contributed by atoms with Gasteiger partial charge in [0.15, 0.2) is 0 Å². The summed E-state index contributed by atoms with van der Waals surface area (Å²) in [5, 5.41) is 11.5. The van der Waals surface area contributed by atoms with Crippen molar-refractivity contribution in [1.29, 1.82) is 0 Å². The summed E-state index contributed by atoms with van der Waals surface area (Å²) in [7, 11) is 0. The van der Waals surface area contributed by atoms with Gasteiger partial charge in [-0.2, -0.15) is 0 Å². The van der Waals surface area contributed by atoms with Gasteiger partial charge in [-0.15, -0.1) is 0 Å². The summed E-state index contributed by atoms with van der Waals surface area (Å²) >= 11 is 0. The minimum atomic E-state index is -0.561. The molecule has 0 fully saturated rings. The van der Waals surface area contributed by atoms with E-state index in [-0.39, 0.29) is 109 Å².